The van der Waals surface area contributed by atoms with E-state index in [1.54, 1.807) is 0 Å². The second-order valence-corrected chi connectivity index (χ2v) is 6.54. The molecule has 3 rings (SSSR count). The van der Waals surface area contributed by atoms with Crippen LogP contribution in [0.2, 0.25) is 5.02 Å². The molecule has 21 heavy (non-hydrogen) atoms. The van der Waals surface area contributed by atoms with E-state index in [-0.39, 0.29) is 0 Å². The summed E-state index contributed by atoms with van der Waals surface area (Å²) < 4.78 is 2.19. The second-order valence-electron chi connectivity index (χ2n) is 6.13. The van der Waals surface area contributed by atoms with E-state index in [4.69, 9.17) is 22.3 Å². The number of halogens is 1. The van der Waals surface area contributed by atoms with E-state index in [0.717, 1.165) is 22.9 Å². The third-order valence-electron chi connectivity index (χ3n) is 4.34. The van der Waals surface area contributed by atoms with Crippen LogP contribution in [0, 0.1) is 0 Å². The number of nitrogen functional groups attached to an aromatic ring is 1. The first-order chi connectivity index (χ1) is 10.1. The van der Waals surface area contributed by atoms with E-state index in [2.05, 4.69) is 18.4 Å². The maximum absolute atomic E-state index is 6.42. The van der Waals surface area contributed by atoms with Gasteiger partial charge in [0.05, 0.1) is 5.02 Å². The van der Waals surface area contributed by atoms with Gasteiger partial charge in [-0.15, -0.1) is 0 Å². The Balaban J connectivity index is 2.14. The lowest BCUT2D eigenvalue weighted by atomic mass is 10.1. The SMILES string of the molecule is CC(C)n1c(C2CCCC2)nc(-c2ccccc2Cl)c1N. The van der Waals surface area contributed by atoms with Crippen molar-refractivity contribution in [3.63, 3.8) is 0 Å². The molecule has 0 saturated heterocycles. The minimum Gasteiger partial charge on any atom is -0.383 e. The van der Waals surface area contributed by atoms with Gasteiger partial charge in [-0.2, -0.15) is 0 Å². The molecule has 4 heteroatoms. The first-order valence-corrected chi connectivity index (χ1v) is 8.10. The third kappa shape index (κ3) is 2.55. The highest BCUT2D eigenvalue weighted by Crippen LogP contribution is 2.40. The topological polar surface area (TPSA) is 43.8 Å². The average molecular weight is 304 g/mol. The van der Waals surface area contributed by atoms with Crippen molar-refractivity contribution in [2.75, 3.05) is 5.73 Å². The van der Waals surface area contributed by atoms with Gasteiger partial charge in [-0.25, -0.2) is 4.98 Å². The molecule has 1 aliphatic carbocycles. The molecule has 1 aliphatic rings. The molecule has 1 heterocycles. The highest BCUT2D eigenvalue weighted by molar-refractivity contribution is 6.33. The zero-order valence-electron chi connectivity index (χ0n) is 12.6. The van der Waals surface area contributed by atoms with Gasteiger partial charge >= 0.3 is 0 Å². The molecular weight excluding hydrogens is 282 g/mol. The fraction of sp³-hybridized carbons (Fsp3) is 0.471. The number of benzene rings is 1. The van der Waals surface area contributed by atoms with E-state index in [1.807, 2.05) is 24.3 Å². The van der Waals surface area contributed by atoms with Gasteiger partial charge in [0.2, 0.25) is 0 Å². The molecule has 0 unspecified atom stereocenters. The van der Waals surface area contributed by atoms with Crippen LogP contribution in [0.25, 0.3) is 11.3 Å². The van der Waals surface area contributed by atoms with E-state index in [9.17, 15) is 0 Å². The number of hydrogen-bond acceptors (Lipinski definition) is 2. The van der Waals surface area contributed by atoms with Gasteiger partial charge in [0.1, 0.15) is 17.3 Å². The van der Waals surface area contributed by atoms with E-state index in [1.165, 1.54) is 25.7 Å². The van der Waals surface area contributed by atoms with Gasteiger partial charge in [0.25, 0.3) is 0 Å². The lowest BCUT2D eigenvalue weighted by molar-refractivity contribution is 0.534. The highest BCUT2D eigenvalue weighted by Gasteiger charge is 2.27. The van der Waals surface area contributed by atoms with Crippen LogP contribution >= 0.6 is 11.6 Å². The third-order valence-corrected chi connectivity index (χ3v) is 4.67. The number of nitrogens with two attached hydrogens (primary N) is 1. The van der Waals surface area contributed by atoms with Gasteiger partial charge in [-0.05, 0) is 32.8 Å². The van der Waals surface area contributed by atoms with Crippen molar-refractivity contribution >= 4 is 17.4 Å². The van der Waals surface area contributed by atoms with Crippen molar-refractivity contribution in [2.45, 2.75) is 51.5 Å². The normalized spacial score (nSPS) is 16.0. The summed E-state index contributed by atoms with van der Waals surface area (Å²) in [6, 6.07) is 8.10. The first-order valence-electron chi connectivity index (χ1n) is 7.72. The molecular formula is C17H22ClN3. The Morgan fingerprint density at radius 2 is 1.90 bits per heavy atom. The molecule has 0 aliphatic heterocycles. The summed E-state index contributed by atoms with van der Waals surface area (Å²) in [6.45, 7) is 4.32. The molecule has 0 bridgehead atoms. The van der Waals surface area contributed by atoms with Crippen LogP contribution in [-0.4, -0.2) is 9.55 Å². The van der Waals surface area contributed by atoms with Crippen LogP contribution in [0.5, 0.6) is 0 Å². The van der Waals surface area contributed by atoms with Crippen LogP contribution < -0.4 is 5.73 Å². The smallest absolute Gasteiger partial charge is 0.132 e. The molecule has 2 aromatic rings. The molecule has 1 aromatic heterocycles. The zero-order valence-corrected chi connectivity index (χ0v) is 13.4. The van der Waals surface area contributed by atoms with Crippen molar-refractivity contribution in [3.05, 3.63) is 35.1 Å². The van der Waals surface area contributed by atoms with Crippen LogP contribution in [0.15, 0.2) is 24.3 Å². The predicted molar refractivity (Wildman–Crippen MR) is 88.7 cm³/mol. The average Bonchev–Trinajstić information content (AvgIpc) is 3.06. The molecule has 2 N–H and O–H groups in total. The predicted octanol–water partition coefficient (Wildman–Crippen LogP) is 5.02. The van der Waals surface area contributed by atoms with E-state index in [0.29, 0.717) is 17.0 Å². The van der Waals surface area contributed by atoms with Crippen molar-refractivity contribution in [2.24, 2.45) is 0 Å². The summed E-state index contributed by atoms with van der Waals surface area (Å²) in [7, 11) is 0. The Labute approximate surface area is 131 Å². The Hall–Kier alpha value is -1.48. The van der Waals surface area contributed by atoms with Crippen LogP contribution in [0.3, 0.4) is 0 Å². The highest BCUT2D eigenvalue weighted by atomic mass is 35.5. The van der Waals surface area contributed by atoms with Crippen molar-refractivity contribution < 1.29 is 0 Å². The van der Waals surface area contributed by atoms with E-state index < -0.39 is 0 Å². The molecule has 1 saturated carbocycles. The van der Waals surface area contributed by atoms with Crippen LogP contribution in [0.4, 0.5) is 5.82 Å². The van der Waals surface area contributed by atoms with Gasteiger partial charge in [0.15, 0.2) is 0 Å². The lowest BCUT2D eigenvalue weighted by Crippen LogP contribution is -2.11. The fourth-order valence-electron chi connectivity index (χ4n) is 3.33. The van der Waals surface area contributed by atoms with Crippen molar-refractivity contribution in [1.82, 2.24) is 9.55 Å². The van der Waals surface area contributed by atoms with Crippen LogP contribution in [0.1, 0.15) is 57.3 Å². The number of rotatable bonds is 3. The molecule has 3 nitrogen and oxygen atoms in total. The maximum Gasteiger partial charge on any atom is 0.132 e. The summed E-state index contributed by atoms with van der Waals surface area (Å²) in [5, 5.41) is 0.704. The molecule has 0 spiro atoms. The van der Waals surface area contributed by atoms with E-state index >= 15 is 0 Å². The molecule has 112 valence electrons. The summed E-state index contributed by atoms with van der Waals surface area (Å²) in [4.78, 5) is 4.90. The molecule has 0 amide bonds. The van der Waals surface area contributed by atoms with Gasteiger partial charge < -0.3 is 10.3 Å². The van der Waals surface area contributed by atoms with Gasteiger partial charge in [0, 0.05) is 17.5 Å². The summed E-state index contributed by atoms with van der Waals surface area (Å²) in [5.74, 6) is 2.40. The first kappa shape index (κ1) is 14.5. The zero-order chi connectivity index (χ0) is 15.0. The quantitative estimate of drug-likeness (QED) is 0.864. The molecule has 1 aromatic carbocycles. The minimum atomic E-state index is 0.310. The standard InChI is InChI=1S/C17H22ClN3/c1-11(2)21-16(19)15(13-9-5-6-10-14(13)18)20-17(21)12-7-3-4-8-12/h5-6,9-12H,3-4,7-8,19H2,1-2H3. The number of anilines is 1. The molecule has 0 atom stereocenters. The lowest BCUT2D eigenvalue weighted by Gasteiger charge is -2.17. The largest absolute Gasteiger partial charge is 0.383 e. The number of hydrogen-bond donors (Lipinski definition) is 1. The Kier molecular flexibility index (Phi) is 3.94. The fourth-order valence-corrected chi connectivity index (χ4v) is 3.55. The minimum absolute atomic E-state index is 0.310. The Morgan fingerprint density at radius 1 is 1.24 bits per heavy atom. The summed E-state index contributed by atoms with van der Waals surface area (Å²) >= 11 is 6.33. The Morgan fingerprint density at radius 3 is 2.52 bits per heavy atom. The van der Waals surface area contributed by atoms with Gasteiger partial charge in [-0.3, -0.25) is 0 Å². The van der Waals surface area contributed by atoms with Crippen molar-refractivity contribution in [3.8, 4) is 11.3 Å². The number of nitrogens with zero attached hydrogens (tertiary/aromatic N) is 2. The monoisotopic (exact) mass is 303 g/mol. The number of aromatic nitrogens is 2. The summed E-state index contributed by atoms with van der Waals surface area (Å²) in [5.41, 5.74) is 8.17. The maximum atomic E-state index is 6.42. The molecule has 1 fully saturated rings. The number of imidazole rings is 1. The van der Waals surface area contributed by atoms with Gasteiger partial charge in [-0.1, -0.05) is 42.6 Å². The van der Waals surface area contributed by atoms with Crippen LogP contribution in [-0.2, 0) is 0 Å². The second kappa shape index (κ2) is 5.72. The van der Waals surface area contributed by atoms with Crippen molar-refractivity contribution in [1.29, 1.82) is 0 Å². The summed E-state index contributed by atoms with van der Waals surface area (Å²) in [6.07, 6.45) is 5.00. The molecule has 0 radical (unpaired) electrons. The Bertz CT molecular complexity index is 639.